The van der Waals surface area contributed by atoms with Gasteiger partial charge in [0.2, 0.25) is 0 Å². The van der Waals surface area contributed by atoms with Crippen molar-refractivity contribution < 1.29 is 23.8 Å². The van der Waals surface area contributed by atoms with Gasteiger partial charge >= 0.3 is 6.09 Å². The first-order valence-corrected chi connectivity index (χ1v) is 9.91. The average Bonchev–Trinajstić information content (AvgIpc) is 2.76. The summed E-state index contributed by atoms with van der Waals surface area (Å²) in [4.78, 5) is 27.7. The van der Waals surface area contributed by atoms with Crippen molar-refractivity contribution in [2.75, 3.05) is 20.3 Å². The Hall–Kier alpha value is -2.86. The number of morpholine rings is 1. The van der Waals surface area contributed by atoms with E-state index in [9.17, 15) is 9.59 Å². The van der Waals surface area contributed by atoms with E-state index in [-0.39, 0.29) is 36.5 Å². The lowest BCUT2D eigenvalue weighted by Crippen LogP contribution is -2.59. The van der Waals surface area contributed by atoms with E-state index < -0.39 is 0 Å². The maximum atomic E-state index is 13.1. The predicted octanol–water partition coefficient (Wildman–Crippen LogP) is 3.69. The van der Waals surface area contributed by atoms with E-state index in [0.717, 1.165) is 5.56 Å². The lowest BCUT2D eigenvalue weighted by Gasteiger charge is -2.47. The van der Waals surface area contributed by atoms with Gasteiger partial charge in [0.1, 0.15) is 12.4 Å². The number of carbonyl (C=O) groups excluding carboxylic acids is 2. The zero-order valence-corrected chi connectivity index (χ0v) is 16.5. The fraction of sp³-hybridized carbons (Fsp3) is 0.391. The Morgan fingerprint density at radius 2 is 1.66 bits per heavy atom. The molecule has 152 valence electrons. The third-order valence-electron chi connectivity index (χ3n) is 5.68. The van der Waals surface area contributed by atoms with Gasteiger partial charge in [-0.3, -0.25) is 9.69 Å². The summed E-state index contributed by atoms with van der Waals surface area (Å²) in [6.45, 7) is 1.08. The molecule has 1 amide bonds. The fourth-order valence-corrected chi connectivity index (χ4v) is 4.29. The van der Waals surface area contributed by atoms with Gasteiger partial charge in [-0.1, -0.05) is 42.5 Å². The fourth-order valence-electron chi connectivity index (χ4n) is 4.29. The first kappa shape index (κ1) is 19.5. The van der Waals surface area contributed by atoms with Gasteiger partial charge in [-0.25, -0.2) is 4.79 Å². The van der Waals surface area contributed by atoms with Gasteiger partial charge in [0, 0.05) is 5.92 Å². The van der Waals surface area contributed by atoms with Crippen molar-refractivity contribution in [1.29, 1.82) is 0 Å². The molecule has 2 fully saturated rings. The molecule has 0 radical (unpaired) electrons. The number of hydrogen-bond donors (Lipinski definition) is 0. The van der Waals surface area contributed by atoms with Gasteiger partial charge in [0.25, 0.3) is 0 Å². The van der Waals surface area contributed by atoms with Crippen molar-refractivity contribution in [3.8, 4) is 5.75 Å². The third kappa shape index (κ3) is 4.12. The topological polar surface area (TPSA) is 65.1 Å². The number of hydrogen-bond acceptors (Lipinski definition) is 5. The number of piperidine rings is 1. The summed E-state index contributed by atoms with van der Waals surface area (Å²) in [7, 11) is 1.57. The number of ether oxygens (including phenoxy) is 3. The molecule has 6 heteroatoms. The summed E-state index contributed by atoms with van der Waals surface area (Å²) in [5.41, 5.74) is 1.54. The van der Waals surface area contributed by atoms with Crippen LogP contribution in [0.2, 0.25) is 0 Å². The van der Waals surface area contributed by atoms with Crippen LogP contribution in [0.4, 0.5) is 4.79 Å². The molecule has 2 heterocycles. The normalized spacial score (nSPS) is 23.3. The molecule has 2 aliphatic heterocycles. The summed E-state index contributed by atoms with van der Waals surface area (Å²) in [6, 6.07) is 16.6. The van der Waals surface area contributed by atoms with Crippen molar-refractivity contribution in [3.63, 3.8) is 0 Å². The van der Waals surface area contributed by atoms with Crippen LogP contribution in [0.1, 0.15) is 28.8 Å². The lowest BCUT2D eigenvalue weighted by atomic mass is 9.80. The number of amides is 1. The van der Waals surface area contributed by atoms with Crippen LogP contribution >= 0.6 is 0 Å². The molecule has 0 N–H and O–H groups in total. The van der Waals surface area contributed by atoms with E-state index in [2.05, 4.69) is 0 Å². The highest BCUT2D eigenvalue weighted by atomic mass is 16.6. The van der Waals surface area contributed by atoms with Crippen LogP contribution in [0.15, 0.2) is 54.6 Å². The van der Waals surface area contributed by atoms with Gasteiger partial charge in [-0.15, -0.1) is 0 Å². The molecule has 2 atom stereocenters. The zero-order valence-electron chi connectivity index (χ0n) is 16.5. The number of nitrogens with zero attached hydrogens (tertiary/aromatic N) is 1. The number of benzene rings is 2. The second-order valence-electron chi connectivity index (χ2n) is 7.53. The number of ketones is 1. The standard InChI is InChI=1S/C23H25NO5/c1-27-21-10-6-5-9-20(21)22(25)17-11-18-14-28-15-19(12-17)24(18)23(26)29-13-16-7-3-2-4-8-16/h2-10,17-19H,11-15H2,1H3. The predicted molar refractivity (Wildman–Crippen MR) is 107 cm³/mol. The largest absolute Gasteiger partial charge is 0.496 e. The molecule has 0 aromatic heterocycles. The number of rotatable bonds is 5. The van der Waals surface area contributed by atoms with E-state index in [1.54, 1.807) is 24.1 Å². The minimum atomic E-state index is -0.338. The third-order valence-corrected chi connectivity index (χ3v) is 5.68. The van der Waals surface area contributed by atoms with Crippen molar-refractivity contribution in [1.82, 2.24) is 4.90 Å². The molecule has 0 saturated carbocycles. The smallest absolute Gasteiger partial charge is 0.410 e. The summed E-state index contributed by atoms with van der Waals surface area (Å²) < 4.78 is 16.6. The summed E-state index contributed by atoms with van der Waals surface area (Å²) in [5.74, 6) is 0.489. The molecule has 2 aromatic rings. The number of carbonyl (C=O) groups is 2. The van der Waals surface area contributed by atoms with Crippen LogP contribution in [0.5, 0.6) is 5.75 Å². The summed E-state index contributed by atoms with van der Waals surface area (Å²) >= 11 is 0. The molecular formula is C23H25NO5. The Morgan fingerprint density at radius 3 is 2.34 bits per heavy atom. The number of para-hydroxylation sites is 1. The Kier molecular flexibility index (Phi) is 5.81. The molecule has 2 aliphatic rings. The van der Waals surface area contributed by atoms with Crippen LogP contribution in [-0.4, -0.2) is 49.2 Å². The molecule has 2 unspecified atom stereocenters. The number of methoxy groups -OCH3 is 1. The minimum Gasteiger partial charge on any atom is -0.496 e. The highest BCUT2D eigenvalue weighted by molar-refractivity contribution is 6.00. The first-order valence-electron chi connectivity index (χ1n) is 9.91. The maximum Gasteiger partial charge on any atom is 0.410 e. The second-order valence-corrected chi connectivity index (χ2v) is 7.53. The van der Waals surface area contributed by atoms with Gasteiger partial charge in [0.05, 0.1) is 38.0 Å². The van der Waals surface area contributed by atoms with Crippen molar-refractivity contribution >= 4 is 11.9 Å². The maximum absolute atomic E-state index is 13.1. The Bertz CT molecular complexity index is 855. The van der Waals surface area contributed by atoms with E-state index in [0.29, 0.717) is 37.4 Å². The number of fused-ring (bicyclic) bond motifs is 2. The van der Waals surface area contributed by atoms with E-state index in [1.807, 2.05) is 42.5 Å². The first-order chi connectivity index (χ1) is 14.2. The van der Waals surface area contributed by atoms with E-state index >= 15 is 0 Å². The molecule has 2 bridgehead atoms. The van der Waals surface area contributed by atoms with Crippen LogP contribution in [0.25, 0.3) is 0 Å². The molecular weight excluding hydrogens is 370 g/mol. The second kappa shape index (κ2) is 8.66. The van der Waals surface area contributed by atoms with Crippen molar-refractivity contribution in [2.24, 2.45) is 5.92 Å². The van der Waals surface area contributed by atoms with E-state index in [4.69, 9.17) is 14.2 Å². The van der Waals surface area contributed by atoms with Crippen LogP contribution in [0, 0.1) is 5.92 Å². The molecule has 2 saturated heterocycles. The molecule has 4 rings (SSSR count). The highest BCUT2D eigenvalue weighted by Crippen LogP contribution is 2.35. The SMILES string of the molecule is COc1ccccc1C(=O)C1CC2COCC(C1)N2C(=O)OCc1ccccc1. The van der Waals surface area contributed by atoms with E-state index in [1.165, 1.54) is 0 Å². The van der Waals surface area contributed by atoms with Gasteiger partial charge in [-0.2, -0.15) is 0 Å². The summed E-state index contributed by atoms with van der Waals surface area (Å²) in [6.07, 6.45) is 0.789. The van der Waals surface area contributed by atoms with Crippen LogP contribution < -0.4 is 4.74 Å². The molecule has 2 aromatic carbocycles. The quantitative estimate of drug-likeness (QED) is 0.723. The van der Waals surface area contributed by atoms with Crippen molar-refractivity contribution in [2.45, 2.75) is 31.5 Å². The van der Waals surface area contributed by atoms with Gasteiger partial charge in [0.15, 0.2) is 5.78 Å². The Balaban J connectivity index is 1.45. The monoisotopic (exact) mass is 395 g/mol. The number of Topliss-reactive ketones (excluding diaryl/α,β-unsaturated/α-hetero) is 1. The Morgan fingerprint density at radius 1 is 1.00 bits per heavy atom. The Labute approximate surface area is 170 Å². The minimum absolute atomic E-state index is 0.0663. The van der Waals surface area contributed by atoms with Crippen LogP contribution in [0.3, 0.4) is 0 Å². The molecule has 29 heavy (non-hydrogen) atoms. The molecule has 0 spiro atoms. The van der Waals surface area contributed by atoms with Gasteiger partial charge < -0.3 is 14.2 Å². The highest BCUT2D eigenvalue weighted by Gasteiger charge is 2.44. The zero-order chi connectivity index (χ0) is 20.2. The van der Waals surface area contributed by atoms with Crippen molar-refractivity contribution in [3.05, 3.63) is 65.7 Å². The lowest BCUT2D eigenvalue weighted by molar-refractivity contribution is -0.0755. The average molecular weight is 395 g/mol. The molecule has 6 nitrogen and oxygen atoms in total. The summed E-state index contributed by atoms with van der Waals surface area (Å²) in [5, 5.41) is 0. The van der Waals surface area contributed by atoms with Gasteiger partial charge in [-0.05, 0) is 30.5 Å². The van der Waals surface area contributed by atoms with Crippen LogP contribution in [-0.2, 0) is 16.1 Å². The molecule has 0 aliphatic carbocycles.